The van der Waals surface area contributed by atoms with Gasteiger partial charge in [-0.3, -0.25) is 19.5 Å². The van der Waals surface area contributed by atoms with E-state index in [1.807, 2.05) is 0 Å². The van der Waals surface area contributed by atoms with Crippen LogP contribution in [0.25, 0.3) is 5.69 Å². The summed E-state index contributed by atoms with van der Waals surface area (Å²) in [5, 5.41) is 32.0. The Hall–Kier alpha value is -4.09. The summed E-state index contributed by atoms with van der Waals surface area (Å²) in [6.07, 6.45) is 2.49. The van der Waals surface area contributed by atoms with Gasteiger partial charge in [-0.15, -0.1) is 0 Å². The van der Waals surface area contributed by atoms with E-state index in [0.717, 1.165) is 6.07 Å². The second-order valence-corrected chi connectivity index (χ2v) is 5.52. The Balaban J connectivity index is 2.14. The highest BCUT2D eigenvalue weighted by Gasteiger charge is 2.30. The van der Waals surface area contributed by atoms with Crippen molar-refractivity contribution in [3.8, 4) is 5.69 Å². The van der Waals surface area contributed by atoms with Crippen LogP contribution in [0.1, 0.15) is 5.69 Å². The number of hydrogen-bond acceptors (Lipinski definition) is 8. The lowest BCUT2D eigenvalue weighted by atomic mass is 10.1. The highest BCUT2D eigenvalue weighted by atomic mass is 16.6. The van der Waals surface area contributed by atoms with Crippen molar-refractivity contribution in [2.45, 2.75) is 12.5 Å². The van der Waals surface area contributed by atoms with Crippen LogP contribution in [0.5, 0.6) is 0 Å². The molecule has 0 bridgehead atoms. The SMILES string of the molecule is O=CC1Nc2cc([N+](=O)[O-])c(-n3cnc(CC(=O)O)c3)cc2N=C1C(=O)O. The molecule has 27 heavy (non-hydrogen) atoms. The number of aromatic nitrogens is 2. The maximum atomic E-state index is 11.4. The number of nitro benzene ring substituents is 1. The normalized spacial score (nSPS) is 15.3. The molecule has 0 saturated carbocycles. The number of aliphatic imine (C=N–C) groups is 1. The molecule has 12 nitrogen and oxygen atoms in total. The van der Waals surface area contributed by atoms with Gasteiger partial charge in [-0.05, 0) is 6.07 Å². The van der Waals surface area contributed by atoms with Crippen LogP contribution >= 0.6 is 0 Å². The number of benzene rings is 1. The zero-order chi connectivity index (χ0) is 19.7. The number of anilines is 1. The number of nitro groups is 1. The molecule has 138 valence electrons. The number of carboxylic acid groups (broad SMARTS) is 2. The van der Waals surface area contributed by atoms with E-state index in [0.29, 0.717) is 6.29 Å². The first-order valence-electron chi connectivity index (χ1n) is 7.41. The van der Waals surface area contributed by atoms with Crippen molar-refractivity contribution in [3.63, 3.8) is 0 Å². The average molecular weight is 373 g/mol. The summed E-state index contributed by atoms with van der Waals surface area (Å²) in [5.41, 5.74) is -0.405. The molecule has 1 aliphatic rings. The fourth-order valence-corrected chi connectivity index (χ4v) is 2.58. The molecule has 0 saturated heterocycles. The van der Waals surface area contributed by atoms with Gasteiger partial charge < -0.3 is 20.3 Å². The van der Waals surface area contributed by atoms with Crippen LogP contribution in [0.4, 0.5) is 17.1 Å². The lowest BCUT2D eigenvalue weighted by molar-refractivity contribution is -0.384. The summed E-state index contributed by atoms with van der Waals surface area (Å²) in [7, 11) is 0. The van der Waals surface area contributed by atoms with Crippen molar-refractivity contribution >= 4 is 41.0 Å². The molecule has 0 amide bonds. The number of rotatable bonds is 6. The Labute approximate surface area is 149 Å². The van der Waals surface area contributed by atoms with Crippen LogP contribution in [0.2, 0.25) is 0 Å². The second-order valence-electron chi connectivity index (χ2n) is 5.52. The molecule has 0 spiro atoms. The number of carbonyl (C=O) groups excluding carboxylic acids is 1. The molecular weight excluding hydrogens is 362 g/mol. The first-order valence-corrected chi connectivity index (χ1v) is 7.41. The highest BCUT2D eigenvalue weighted by Crippen LogP contribution is 2.37. The van der Waals surface area contributed by atoms with Crippen molar-refractivity contribution in [2.75, 3.05) is 5.32 Å². The second kappa shape index (κ2) is 6.67. The number of hydrogen-bond donors (Lipinski definition) is 3. The van der Waals surface area contributed by atoms with Gasteiger partial charge in [0.2, 0.25) is 0 Å². The quantitative estimate of drug-likeness (QED) is 0.370. The monoisotopic (exact) mass is 373 g/mol. The molecule has 1 atom stereocenters. The fraction of sp³-hybridized carbons (Fsp3) is 0.133. The smallest absolute Gasteiger partial charge is 0.352 e. The summed E-state index contributed by atoms with van der Waals surface area (Å²) in [4.78, 5) is 51.7. The zero-order valence-corrected chi connectivity index (χ0v) is 13.4. The van der Waals surface area contributed by atoms with Crippen molar-refractivity contribution in [1.29, 1.82) is 0 Å². The van der Waals surface area contributed by atoms with E-state index in [1.54, 1.807) is 0 Å². The van der Waals surface area contributed by atoms with E-state index in [9.17, 15) is 29.6 Å². The number of nitrogens with one attached hydrogen (secondary N) is 1. The average Bonchev–Trinajstić information content (AvgIpc) is 3.06. The topological polar surface area (TPSA) is 177 Å². The van der Waals surface area contributed by atoms with E-state index in [4.69, 9.17) is 5.11 Å². The molecule has 2 heterocycles. The molecule has 1 aliphatic heterocycles. The fourth-order valence-electron chi connectivity index (χ4n) is 2.58. The minimum absolute atomic E-state index is 0.0164. The van der Waals surface area contributed by atoms with Gasteiger partial charge in [-0.2, -0.15) is 0 Å². The zero-order valence-electron chi connectivity index (χ0n) is 13.4. The molecule has 0 radical (unpaired) electrons. The van der Waals surface area contributed by atoms with Crippen LogP contribution in [-0.2, 0) is 20.8 Å². The first kappa shape index (κ1) is 17.7. The third-order valence-corrected chi connectivity index (χ3v) is 3.74. The van der Waals surface area contributed by atoms with Crippen molar-refractivity contribution in [1.82, 2.24) is 9.55 Å². The molecule has 0 fully saturated rings. The predicted molar refractivity (Wildman–Crippen MR) is 89.8 cm³/mol. The van der Waals surface area contributed by atoms with E-state index < -0.39 is 28.6 Å². The Kier molecular flexibility index (Phi) is 4.38. The number of nitrogens with zero attached hydrogens (tertiary/aromatic N) is 4. The van der Waals surface area contributed by atoms with Crippen LogP contribution in [0.15, 0.2) is 29.6 Å². The third-order valence-electron chi connectivity index (χ3n) is 3.74. The van der Waals surface area contributed by atoms with Gasteiger partial charge in [-0.25, -0.2) is 14.8 Å². The number of aliphatic carboxylic acids is 2. The van der Waals surface area contributed by atoms with Crippen molar-refractivity contribution in [3.05, 3.63) is 40.5 Å². The summed E-state index contributed by atoms with van der Waals surface area (Å²) < 4.78 is 1.25. The number of carboxylic acids is 2. The molecule has 12 heteroatoms. The maximum absolute atomic E-state index is 11.4. The molecule has 1 aromatic heterocycles. The van der Waals surface area contributed by atoms with Gasteiger partial charge in [0.1, 0.15) is 18.0 Å². The van der Waals surface area contributed by atoms with Crippen molar-refractivity contribution < 1.29 is 29.5 Å². The van der Waals surface area contributed by atoms with Gasteiger partial charge in [0.25, 0.3) is 5.69 Å². The minimum atomic E-state index is -1.41. The molecule has 3 N–H and O–H groups in total. The summed E-state index contributed by atoms with van der Waals surface area (Å²) in [5.74, 6) is -2.52. The molecule has 1 aromatic carbocycles. The number of carbonyl (C=O) groups is 3. The van der Waals surface area contributed by atoms with Gasteiger partial charge in [0.05, 0.1) is 34.7 Å². The Bertz CT molecular complexity index is 1010. The van der Waals surface area contributed by atoms with E-state index >= 15 is 0 Å². The van der Waals surface area contributed by atoms with Gasteiger partial charge >= 0.3 is 11.9 Å². The van der Waals surface area contributed by atoms with E-state index in [1.165, 1.54) is 23.2 Å². The Morgan fingerprint density at radius 3 is 2.70 bits per heavy atom. The van der Waals surface area contributed by atoms with E-state index in [-0.39, 0.29) is 34.9 Å². The van der Waals surface area contributed by atoms with Crippen molar-refractivity contribution in [2.24, 2.45) is 4.99 Å². The lowest BCUT2D eigenvalue weighted by Gasteiger charge is -2.21. The summed E-state index contributed by atoms with van der Waals surface area (Å²) >= 11 is 0. The van der Waals surface area contributed by atoms with Crippen LogP contribution in [-0.4, -0.2) is 54.7 Å². The lowest BCUT2D eigenvalue weighted by Crippen LogP contribution is -2.38. The number of imidazole rings is 1. The highest BCUT2D eigenvalue weighted by molar-refractivity contribution is 6.42. The van der Waals surface area contributed by atoms with Gasteiger partial charge in [0.15, 0.2) is 5.71 Å². The summed E-state index contributed by atoms with van der Waals surface area (Å²) in [6, 6.07) is 1.15. The Morgan fingerprint density at radius 2 is 2.11 bits per heavy atom. The number of fused-ring (bicyclic) bond motifs is 1. The van der Waals surface area contributed by atoms with Gasteiger partial charge in [0, 0.05) is 12.3 Å². The number of aldehydes is 1. The van der Waals surface area contributed by atoms with E-state index in [2.05, 4.69) is 15.3 Å². The molecule has 3 rings (SSSR count). The largest absolute Gasteiger partial charge is 0.481 e. The van der Waals surface area contributed by atoms with Crippen LogP contribution in [0, 0.1) is 10.1 Å². The van der Waals surface area contributed by atoms with Crippen LogP contribution in [0.3, 0.4) is 0 Å². The van der Waals surface area contributed by atoms with Crippen LogP contribution < -0.4 is 5.32 Å². The Morgan fingerprint density at radius 1 is 1.37 bits per heavy atom. The summed E-state index contributed by atoms with van der Waals surface area (Å²) in [6.45, 7) is 0. The van der Waals surface area contributed by atoms with Gasteiger partial charge in [-0.1, -0.05) is 0 Å². The molecule has 2 aromatic rings. The third kappa shape index (κ3) is 3.35. The molecule has 0 aliphatic carbocycles. The minimum Gasteiger partial charge on any atom is -0.481 e. The molecular formula is C15H11N5O7. The first-order chi connectivity index (χ1) is 12.8. The predicted octanol–water partition coefficient (Wildman–Crippen LogP) is 0.558. The molecule has 1 unspecified atom stereocenters. The maximum Gasteiger partial charge on any atom is 0.352 e. The standard InChI is InChI=1S/C15H11N5O7/c21-5-10-14(15(24)25)18-9-2-11(12(20(26)27)3-8(9)17-10)19-4-7(16-6-19)1-13(22)23/h2-6,10,17H,1H2,(H,22,23)(H,24,25).